The molecule has 1 aromatic carbocycles. The molecule has 106 valence electrons. The van der Waals surface area contributed by atoms with Crippen molar-refractivity contribution in [1.82, 2.24) is 0 Å². The highest BCUT2D eigenvalue weighted by Crippen LogP contribution is 2.43. The molecule has 1 aliphatic rings. The molecule has 1 fully saturated rings. The maximum Gasteiger partial charge on any atom is 0.128 e. The van der Waals surface area contributed by atoms with Crippen molar-refractivity contribution >= 4 is 0 Å². The Kier molecular flexibility index (Phi) is 4.70. The molecule has 3 nitrogen and oxygen atoms in total. The number of methoxy groups -OCH3 is 2. The number of benzene rings is 1. The second-order valence-electron chi connectivity index (χ2n) is 5.55. The van der Waals surface area contributed by atoms with Gasteiger partial charge in [0.2, 0.25) is 0 Å². The number of aliphatic hydroxyl groups is 1. The van der Waals surface area contributed by atoms with E-state index in [2.05, 4.69) is 6.92 Å². The average molecular weight is 264 g/mol. The highest BCUT2D eigenvalue weighted by atomic mass is 16.5. The van der Waals surface area contributed by atoms with Gasteiger partial charge in [-0.2, -0.15) is 0 Å². The van der Waals surface area contributed by atoms with Gasteiger partial charge in [0, 0.05) is 0 Å². The number of hydrogen-bond acceptors (Lipinski definition) is 3. The van der Waals surface area contributed by atoms with E-state index in [0.717, 1.165) is 18.4 Å². The summed E-state index contributed by atoms with van der Waals surface area (Å²) in [5.41, 5.74) is 0.798. The molecule has 0 spiro atoms. The zero-order valence-corrected chi connectivity index (χ0v) is 12.1. The Morgan fingerprint density at radius 2 is 1.79 bits per heavy atom. The Labute approximate surface area is 115 Å². The lowest BCUT2D eigenvalue weighted by atomic mass is 9.77. The van der Waals surface area contributed by atoms with E-state index in [0.29, 0.717) is 23.3 Å². The third-order valence-corrected chi connectivity index (χ3v) is 4.19. The van der Waals surface area contributed by atoms with Crippen molar-refractivity contribution in [3.05, 3.63) is 23.8 Å². The monoisotopic (exact) mass is 264 g/mol. The van der Waals surface area contributed by atoms with Gasteiger partial charge in [0.1, 0.15) is 11.5 Å². The molecule has 2 rings (SSSR count). The van der Waals surface area contributed by atoms with Gasteiger partial charge in [0.05, 0.1) is 25.9 Å². The van der Waals surface area contributed by atoms with Crippen LogP contribution in [0.15, 0.2) is 18.2 Å². The quantitative estimate of drug-likeness (QED) is 0.903. The third-order valence-electron chi connectivity index (χ3n) is 4.19. The molecule has 1 aliphatic carbocycles. The van der Waals surface area contributed by atoms with Crippen LogP contribution in [0.5, 0.6) is 11.5 Å². The van der Waals surface area contributed by atoms with Crippen LogP contribution in [0.1, 0.15) is 44.3 Å². The lowest BCUT2D eigenvalue weighted by Crippen LogP contribution is -2.21. The molecule has 1 saturated carbocycles. The van der Waals surface area contributed by atoms with E-state index in [1.165, 1.54) is 12.8 Å². The zero-order valence-electron chi connectivity index (χ0n) is 12.1. The molecule has 0 amide bonds. The smallest absolute Gasteiger partial charge is 0.128 e. The molecule has 0 aliphatic heterocycles. The normalized spacial score (nSPS) is 24.8. The van der Waals surface area contributed by atoms with Gasteiger partial charge in [0.15, 0.2) is 0 Å². The molecule has 0 aromatic heterocycles. The minimum absolute atomic E-state index is 0.300. The Morgan fingerprint density at radius 1 is 1.16 bits per heavy atom. The van der Waals surface area contributed by atoms with Gasteiger partial charge in [-0.05, 0) is 36.8 Å². The van der Waals surface area contributed by atoms with E-state index in [-0.39, 0.29) is 0 Å². The first-order chi connectivity index (χ1) is 9.17. The Morgan fingerprint density at radius 3 is 2.32 bits per heavy atom. The van der Waals surface area contributed by atoms with E-state index >= 15 is 0 Å². The average Bonchev–Trinajstić information content (AvgIpc) is 2.45. The first-order valence-electron chi connectivity index (χ1n) is 7.06. The zero-order chi connectivity index (χ0) is 13.8. The van der Waals surface area contributed by atoms with E-state index in [1.807, 2.05) is 18.2 Å². The van der Waals surface area contributed by atoms with Crippen molar-refractivity contribution in [2.75, 3.05) is 14.2 Å². The van der Waals surface area contributed by atoms with Crippen molar-refractivity contribution in [3.8, 4) is 11.5 Å². The highest BCUT2D eigenvalue weighted by Gasteiger charge is 2.30. The summed E-state index contributed by atoms with van der Waals surface area (Å²) in [7, 11) is 3.27. The fourth-order valence-electron chi connectivity index (χ4n) is 3.17. The number of hydrogen-bond donors (Lipinski definition) is 1. The largest absolute Gasteiger partial charge is 0.496 e. The molecule has 3 atom stereocenters. The lowest BCUT2D eigenvalue weighted by Gasteiger charge is -2.31. The minimum atomic E-state index is -0.506. The highest BCUT2D eigenvalue weighted by molar-refractivity contribution is 5.46. The van der Waals surface area contributed by atoms with Crippen LogP contribution in [-0.2, 0) is 0 Å². The maximum absolute atomic E-state index is 10.7. The summed E-state index contributed by atoms with van der Waals surface area (Å²) in [4.78, 5) is 0. The van der Waals surface area contributed by atoms with Crippen LogP contribution in [-0.4, -0.2) is 19.3 Å². The van der Waals surface area contributed by atoms with Crippen LogP contribution >= 0.6 is 0 Å². The summed E-state index contributed by atoms with van der Waals surface area (Å²) >= 11 is 0. The molecule has 1 aromatic rings. The van der Waals surface area contributed by atoms with Gasteiger partial charge in [-0.15, -0.1) is 0 Å². The molecule has 0 saturated heterocycles. The summed E-state index contributed by atoms with van der Waals surface area (Å²) in [6.07, 6.45) is 4.11. The maximum atomic E-state index is 10.7. The molecule has 0 heterocycles. The van der Waals surface area contributed by atoms with Crippen LogP contribution in [0.4, 0.5) is 0 Å². The summed E-state index contributed by atoms with van der Waals surface area (Å²) < 4.78 is 10.8. The van der Waals surface area contributed by atoms with Gasteiger partial charge in [-0.3, -0.25) is 0 Å². The van der Waals surface area contributed by atoms with E-state index in [4.69, 9.17) is 9.47 Å². The van der Waals surface area contributed by atoms with Crippen LogP contribution in [0.2, 0.25) is 0 Å². The number of aliphatic hydroxyl groups excluding tert-OH is 1. The van der Waals surface area contributed by atoms with Crippen molar-refractivity contribution in [3.63, 3.8) is 0 Å². The van der Waals surface area contributed by atoms with Crippen molar-refractivity contribution < 1.29 is 14.6 Å². The Bertz CT molecular complexity index is 394. The molecule has 3 heteroatoms. The minimum Gasteiger partial charge on any atom is -0.496 e. The van der Waals surface area contributed by atoms with Crippen LogP contribution < -0.4 is 9.47 Å². The van der Waals surface area contributed by atoms with Crippen molar-refractivity contribution in [2.24, 2.45) is 11.8 Å². The van der Waals surface area contributed by atoms with Crippen LogP contribution in [0.25, 0.3) is 0 Å². The van der Waals surface area contributed by atoms with Crippen molar-refractivity contribution in [1.29, 1.82) is 0 Å². The molecular formula is C16H24O3. The van der Waals surface area contributed by atoms with Gasteiger partial charge >= 0.3 is 0 Å². The predicted molar refractivity (Wildman–Crippen MR) is 75.6 cm³/mol. The fourth-order valence-corrected chi connectivity index (χ4v) is 3.17. The van der Waals surface area contributed by atoms with Gasteiger partial charge in [-0.1, -0.05) is 25.8 Å². The number of rotatable bonds is 4. The molecule has 1 N–H and O–H groups in total. The second-order valence-corrected chi connectivity index (χ2v) is 5.55. The molecule has 0 radical (unpaired) electrons. The molecule has 19 heavy (non-hydrogen) atoms. The van der Waals surface area contributed by atoms with Crippen LogP contribution in [0, 0.1) is 11.8 Å². The fraction of sp³-hybridized carbons (Fsp3) is 0.625. The van der Waals surface area contributed by atoms with E-state index in [1.54, 1.807) is 14.2 Å². The summed E-state index contributed by atoms with van der Waals surface area (Å²) in [5.74, 6) is 2.42. The Balaban J connectivity index is 2.28. The second kappa shape index (κ2) is 6.29. The number of ether oxygens (including phenoxy) is 2. The standard InChI is InChI=1S/C16H24O3/c1-11-6-4-7-12(10-11)16(17)15-13(18-2)8-5-9-14(15)19-3/h5,8-9,11-12,16-17H,4,6-7,10H2,1-3H3. The third kappa shape index (κ3) is 3.03. The first kappa shape index (κ1) is 14.2. The summed E-state index contributed by atoms with van der Waals surface area (Å²) in [6.45, 7) is 2.26. The summed E-state index contributed by atoms with van der Waals surface area (Å²) in [6, 6.07) is 5.65. The molecule has 3 unspecified atom stereocenters. The van der Waals surface area contributed by atoms with Gasteiger partial charge in [-0.25, -0.2) is 0 Å². The molecular weight excluding hydrogens is 240 g/mol. The SMILES string of the molecule is COc1cccc(OC)c1C(O)C1CCCC(C)C1. The molecule has 0 bridgehead atoms. The van der Waals surface area contributed by atoms with Crippen molar-refractivity contribution in [2.45, 2.75) is 38.7 Å². The van der Waals surface area contributed by atoms with E-state index < -0.39 is 6.10 Å². The predicted octanol–water partition coefficient (Wildman–Crippen LogP) is 3.56. The topological polar surface area (TPSA) is 38.7 Å². The van der Waals surface area contributed by atoms with Gasteiger partial charge in [0.25, 0.3) is 0 Å². The van der Waals surface area contributed by atoms with E-state index in [9.17, 15) is 5.11 Å². The Hall–Kier alpha value is -1.22. The van der Waals surface area contributed by atoms with Gasteiger partial charge < -0.3 is 14.6 Å². The summed E-state index contributed by atoms with van der Waals surface area (Å²) in [5, 5.41) is 10.7. The first-order valence-corrected chi connectivity index (χ1v) is 7.06. The lowest BCUT2D eigenvalue weighted by molar-refractivity contribution is 0.0671. The van der Waals surface area contributed by atoms with Crippen LogP contribution in [0.3, 0.4) is 0 Å².